The van der Waals surface area contributed by atoms with E-state index in [2.05, 4.69) is 6.07 Å². The smallest absolute Gasteiger partial charge is 0.0827 e. The largest absolute Gasteiger partial charge is 0.216 e. The third-order valence-corrected chi connectivity index (χ3v) is 5.83. The Bertz CT molecular complexity index is 341. The van der Waals surface area contributed by atoms with Crippen molar-refractivity contribution in [2.24, 2.45) is 23.7 Å². The Hall–Kier alpha value is -0.840. The summed E-state index contributed by atoms with van der Waals surface area (Å²) in [6, 6.07) is 2.44. The van der Waals surface area contributed by atoms with Gasteiger partial charge in [0.15, 0.2) is 0 Å². The molecular weight excluding hydrogens is 261 g/mol. The molecule has 0 aromatic rings. The summed E-state index contributed by atoms with van der Waals surface area (Å²) in [5.41, 5.74) is 0. The van der Waals surface area contributed by atoms with E-state index >= 15 is 0 Å². The second-order valence-electron chi connectivity index (χ2n) is 7.17. The second kappa shape index (κ2) is 9.23. The zero-order valence-electron chi connectivity index (χ0n) is 13.3. The Balaban J connectivity index is 1.59. The normalized spacial score (nSPS) is 33.9. The first kappa shape index (κ1) is 16.5. The van der Waals surface area contributed by atoms with Gasteiger partial charge < -0.3 is 0 Å². The van der Waals surface area contributed by atoms with E-state index in [1.54, 1.807) is 6.08 Å². The van der Waals surface area contributed by atoms with Crippen molar-refractivity contribution in [1.29, 1.82) is 5.26 Å². The molecule has 2 heteroatoms. The summed E-state index contributed by atoms with van der Waals surface area (Å²) >= 11 is 0. The number of hydrogen-bond donors (Lipinski definition) is 0. The Labute approximate surface area is 129 Å². The molecule has 0 heterocycles. The van der Waals surface area contributed by atoms with Gasteiger partial charge in [0.05, 0.1) is 12.4 Å². The van der Waals surface area contributed by atoms with Crippen LogP contribution in [-0.2, 0) is 0 Å². The van der Waals surface area contributed by atoms with Gasteiger partial charge in [-0.2, -0.15) is 5.26 Å². The van der Waals surface area contributed by atoms with Crippen LogP contribution in [0.5, 0.6) is 0 Å². The van der Waals surface area contributed by atoms with E-state index in [4.69, 9.17) is 5.26 Å². The van der Waals surface area contributed by atoms with Crippen molar-refractivity contribution < 1.29 is 4.39 Å². The van der Waals surface area contributed by atoms with Crippen LogP contribution in [0.25, 0.3) is 0 Å². The highest BCUT2D eigenvalue weighted by Crippen LogP contribution is 2.42. The second-order valence-corrected chi connectivity index (χ2v) is 7.17. The summed E-state index contributed by atoms with van der Waals surface area (Å²) in [6.07, 6.45) is 17.4. The zero-order valence-corrected chi connectivity index (χ0v) is 13.3. The number of halogens is 1. The number of allylic oxidation sites excluding steroid dienone is 1. The van der Waals surface area contributed by atoms with Crippen molar-refractivity contribution in [2.75, 3.05) is 0 Å². The molecule has 0 atom stereocenters. The minimum absolute atomic E-state index is 0.343. The molecule has 2 aliphatic carbocycles. The number of unbranched alkanes of at least 4 members (excludes halogenated alkanes) is 2. The molecule has 2 fully saturated rings. The van der Waals surface area contributed by atoms with E-state index in [1.165, 1.54) is 51.4 Å². The molecule has 2 saturated carbocycles. The highest BCUT2D eigenvalue weighted by molar-refractivity contribution is 4.89. The fourth-order valence-electron chi connectivity index (χ4n) is 4.43. The predicted molar refractivity (Wildman–Crippen MR) is 85.2 cm³/mol. The van der Waals surface area contributed by atoms with Crippen molar-refractivity contribution in [3.8, 4) is 6.07 Å². The summed E-state index contributed by atoms with van der Waals surface area (Å²) in [4.78, 5) is 0. The number of nitrogens with zero attached hydrogens (tertiary/aromatic N) is 1. The van der Waals surface area contributed by atoms with Gasteiger partial charge in [-0.05, 0) is 69.1 Å². The standard InChI is InChI=1S/C19H30FN/c20-14-4-2-1-3-5-16-6-10-18(11-7-16)19-12-8-17(15-21)9-13-19/h4,14,16-19H,1-3,5-13H2/b14-4+/t16?,17-,18?,19-. The summed E-state index contributed by atoms with van der Waals surface area (Å²) in [5.74, 6) is 3.11. The van der Waals surface area contributed by atoms with Crippen molar-refractivity contribution in [2.45, 2.75) is 77.0 Å². The SMILES string of the molecule is N#C[C@H]1CC[C@H](C2CCC(CCCC/C=C/F)CC2)CC1. The van der Waals surface area contributed by atoms with E-state index in [1.807, 2.05) is 0 Å². The van der Waals surface area contributed by atoms with Gasteiger partial charge in [-0.3, -0.25) is 0 Å². The summed E-state index contributed by atoms with van der Waals surface area (Å²) in [5, 5.41) is 8.98. The van der Waals surface area contributed by atoms with Crippen LogP contribution >= 0.6 is 0 Å². The lowest BCUT2D eigenvalue weighted by molar-refractivity contribution is 0.152. The van der Waals surface area contributed by atoms with Crippen LogP contribution in [0.15, 0.2) is 12.4 Å². The maximum Gasteiger partial charge on any atom is 0.0827 e. The quantitative estimate of drug-likeness (QED) is 0.537. The zero-order chi connectivity index (χ0) is 14.9. The molecule has 0 aliphatic heterocycles. The van der Waals surface area contributed by atoms with Crippen molar-refractivity contribution in [1.82, 2.24) is 0 Å². The van der Waals surface area contributed by atoms with Crippen LogP contribution in [0.4, 0.5) is 4.39 Å². The number of nitriles is 1. The Morgan fingerprint density at radius 2 is 1.52 bits per heavy atom. The van der Waals surface area contributed by atoms with E-state index < -0.39 is 0 Å². The van der Waals surface area contributed by atoms with Gasteiger partial charge in [0.1, 0.15) is 0 Å². The van der Waals surface area contributed by atoms with Crippen LogP contribution < -0.4 is 0 Å². The molecule has 0 aromatic carbocycles. The van der Waals surface area contributed by atoms with Crippen molar-refractivity contribution in [3.63, 3.8) is 0 Å². The van der Waals surface area contributed by atoms with Gasteiger partial charge in [-0.15, -0.1) is 0 Å². The third kappa shape index (κ3) is 5.46. The Kier molecular flexibility index (Phi) is 7.27. The molecule has 0 amide bonds. The topological polar surface area (TPSA) is 23.8 Å². The molecule has 2 rings (SSSR count). The minimum atomic E-state index is 0.343. The van der Waals surface area contributed by atoms with Gasteiger partial charge in [0.25, 0.3) is 0 Å². The van der Waals surface area contributed by atoms with E-state index in [0.29, 0.717) is 12.2 Å². The van der Waals surface area contributed by atoms with Crippen molar-refractivity contribution in [3.05, 3.63) is 12.4 Å². The lowest BCUT2D eigenvalue weighted by Crippen LogP contribution is -2.25. The van der Waals surface area contributed by atoms with E-state index in [9.17, 15) is 4.39 Å². The molecule has 0 radical (unpaired) electrons. The molecular formula is C19H30FN. The third-order valence-electron chi connectivity index (χ3n) is 5.83. The number of hydrogen-bond acceptors (Lipinski definition) is 1. The van der Waals surface area contributed by atoms with Crippen LogP contribution in [0.3, 0.4) is 0 Å². The molecule has 0 N–H and O–H groups in total. The van der Waals surface area contributed by atoms with Crippen LogP contribution in [0, 0.1) is 35.0 Å². The fraction of sp³-hybridized carbons (Fsp3) is 0.842. The van der Waals surface area contributed by atoms with Gasteiger partial charge >= 0.3 is 0 Å². The Morgan fingerprint density at radius 1 is 0.905 bits per heavy atom. The average Bonchev–Trinajstić information content (AvgIpc) is 2.55. The fourth-order valence-corrected chi connectivity index (χ4v) is 4.43. The van der Waals surface area contributed by atoms with Crippen LogP contribution in [-0.4, -0.2) is 0 Å². The maximum absolute atomic E-state index is 11.8. The first-order chi connectivity index (χ1) is 10.3. The summed E-state index contributed by atoms with van der Waals surface area (Å²) in [6.45, 7) is 0. The predicted octanol–water partition coefficient (Wildman–Crippen LogP) is 6.17. The molecule has 21 heavy (non-hydrogen) atoms. The molecule has 2 aliphatic rings. The van der Waals surface area contributed by atoms with E-state index in [0.717, 1.165) is 43.4 Å². The minimum Gasteiger partial charge on any atom is -0.216 e. The van der Waals surface area contributed by atoms with Gasteiger partial charge in [-0.1, -0.05) is 31.8 Å². The maximum atomic E-state index is 11.8. The monoisotopic (exact) mass is 291 g/mol. The average molecular weight is 291 g/mol. The Morgan fingerprint density at radius 3 is 2.10 bits per heavy atom. The number of rotatable bonds is 6. The lowest BCUT2D eigenvalue weighted by atomic mass is 9.69. The van der Waals surface area contributed by atoms with Gasteiger partial charge in [0.2, 0.25) is 0 Å². The first-order valence-corrected chi connectivity index (χ1v) is 8.98. The summed E-state index contributed by atoms with van der Waals surface area (Å²) < 4.78 is 11.8. The van der Waals surface area contributed by atoms with Crippen molar-refractivity contribution >= 4 is 0 Å². The highest BCUT2D eigenvalue weighted by Gasteiger charge is 2.30. The highest BCUT2D eigenvalue weighted by atomic mass is 19.1. The molecule has 0 unspecified atom stereocenters. The molecule has 0 aromatic heterocycles. The van der Waals surface area contributed by atoms with Gasteiger partial charge in [-0.25, -0.2) is 4.39 Å². The van der Waals surface area contributed by atoms with Crippen LogP contribution in [0.2, 0.25) is 0 Å². The summed E-state index contributed by atoms with van der Waals surface area (Å²) in [7, 11) is 0. The molecule has 0 bridgehead atoms. The van der Waals surface area contributed by atoms with Gasteiger partial charge in [0, 0.05) is 5.92 Å². The van der Waals surface area contributed by atoms with Crippen LogP contribution in [0.1, 0.15) is 77.0 Å². The lowest BCUT2D eigenvalue weighted by Gasteiger charge is -2.36. The molecule has 0 spiro atoms. The first-order valence-electron chi connectivity index (χ1n) is 8.98. The molecule has 1 nitrogen and oxygen atoms in total. The molecule has 0 saturated heterocycles. The van der Waals surface area contributed by atoms with E-state index in [-0.39, 0.29) is 0 Å². The molecule has 118 valence electrons.